The van der Waals surface area contributed by atoms with Gasteiger partial charge in [0.05, 0.1) is 22.4 Å². The summed E-state index contributed by atoms with van der Waals surface area (Å²) >= 11 is 7.57. The third-order valence-electron chi connectivity index (χ3n) is 2.82. The zero-order valence-corrected chi connectivity index (χ0v) is 12.9. The number of nitrogens with one attached hydrogen (secondary N) is 1. The van der Waals surface area contributed by atoms with Crippen LogP contribution in [0.1, 0.15) is 18.7 Å². The number of aromatic nitrogens is 2. The van der Waals surface area contributed by atoms with Crippen LogP contribution in [-0.2, 0) is 6.54 Å². The van der Waals surface area contributed by atoms with E-state index in [1.807, 2.05) is 34.4 Å². The first-order valence-corrected chi connectivity index (χ1v) is 8.64. The number of hydrazine groups is 1. The summed E-state index contributed by atoms with van der Waals surface area (Å²) < 4.78 is 3.05. The molecule has 1 saturated heterocycles. The normalized spacial score (nSPS) is 22.6. The van der Waals surface area contributed by atoms with Gasteiger partial charge in [-0.1, -0.05) is 0 Å². The van der Waals surface area contributed by atoms with E-state index in [9.17, 15) is 0 Å². The molecule has 96 valence electrons. The maximum atomic E-state index is 5.75. The molecule has 0 radical (unpaired) electrons. The highest BCUT2D eigenvalue weighted by atomic mass is 79.9. The van der Waals surface area contributed by atoms with E-state index in [0.717, 1.165) is 22.5 Å². The number of nitrogens with zero attached hydrogens (tertiary/aromatic N) is 2. The fourth-order valence-electron chi connectivity index (χ4n) is 1.99. The highest BCUT2D eigenvalue weighted by molar-refractivity contribution is 9.10. The lowest BCUT2D eigenvalue weighted by Crippen LogP contribution is -2.39. The SMILES string of the molecule is CCn1ncc(Br)c1C(NN)C1CSCCS1. The van der Waals surface area contributed by atoms with Gasteiger partial charge in [0.25, 0.3) is 0 Å². The van der Waals surface area contributed by atoms with E-state index in [1.54, 1.807) is 0 Å². The highest BCUT2D eigenvalue weighted by Crippen LogP contribution is 2.35. The number of halogens is 1. The molecule has 0 bridgehead atoms. The molecule has 7 heteroatoms. The first-order chi connectivity index (χ1) is 8.27. The molecular weight excluding hydrogens is 320 g/mol. The van der Waals surface area contributed by atoms with Crippen molar-refractivity contribution in [3.8, 4) is 0 Å². The summed E-state index contributed by atoms with van der Waals surface area (Å²) in [5.74, 6) is 9.34. The van der Waals surface area contributed by atoms with Gasteiger partial charge in [-0.15, -0.1) is 0 Å². The van der Waals surface area contributed by atoms with E-state index < -0.39 is 0 Å². The Balaban J connectivity index is 2.23. The number of aryl methyl sites for hydroxylation is 1. The van der Waals surface area contributed by atoms with Crippen molar-refractivity contribution in [2.75, 3.05) is 17.3 Å². The molecule has 2 unspecified atom stereocenters. The zero-order valence-electron chi connectivity index (χ0n) is 9.73. The minimum absolute atomic E-state index is 0.157. The van der Waals surface area contributed by atoms with Crippen molar-refractivity contribution in [2.45, 2.75) is 24.8 Å². The van der Waals surface area contributed by atoms with E-state index >= 15 is 0 Å². The lowest BCUT2D eigenvalue weighted by molar-refractivity contribution is 0.490. The predicted molar refractivity (Wildman–Crippen MR) is 79.2 cm³/mol. The molecule has 0 amide bonds. The molecule has 1 aromatic rings. The molecule has 2 atom stereocenters. The molecule has 2 heterocycles. The Bertz CT molecular complexity index is 365. The second kappa shape index (κ2) is 6.47. The molecule has 3 N–H and O–H groups in total. The van der Waals surface area contributed by atoms with E-state index in [4.69, 9.17) is 5.84 Å². The highest BCUT2D eigenvalue weighted by Gasteiger charge is 2.29. The lowest BCUT2D eigenvalue weighted by Gasteiger charge is -2.29. The van der Waals surface area contributed by atoms with E-state index in [2.05, 4.69) is 33.4 Å². The van der Waals surface area contributed by atoms with Gasteiger partial charge in [-0.2, -0.15) is 28.6 Å². The van der Waals surface area contributed by atoms with Crippen LogP contribution in [-0.4, -0.2) is 32.3 Å². The van der Waals surface area contributed by atoms with Gasteiger partial charge in [0, 0.05) is 29.1 Å². The molecule has 2 rings (SSSR count). The van der Waals surface area contributed by atoms with Crippen molar-refractivity contribution in [2.24, 2.45) is 5.84 Å². The predicted octanol–water partition coefficient (Wildman–Crippen LogP) is 2.02. The molecule has 17 heavy (non-hydrogen) atoms. The summed E-state index contributed by atoms with van der Waals surface area (Å²) in [6.07, 6.45) is 1.85. The van der Waals surface area contributed by atoms with Crippen LogP contribution in [0.4, 0.5) is 0 Å². The Morgan fingerprint density at radius 3 is 3.12 bits per heavy atom. The number of nitrogens with two attached hydrogens (primary N) is 1. The summed E-state index contributed by atoms with van der Waals surface area (Å²) in [4.78, 5) is 0. The minimum Gasteiger partial charge on any atom is -0.271 e. The van der Waals surface area contributed by atoms with Gasteiger partial charge in [0.1, 0.15) is 0 Å². The van der Waals surface area contributed by atoms with Crippen molar-refractivity contribution < 1.29 is 0 Å². The van der Waals surface area contributed by atoms with Gasteiger partial charge >= 0.3 is 0 Å². The largest absolute Gasteiger partial charge is 0.271 e. The van der Waals surface area contributed by atoms with Crippen LogP contribution in [0.5, 0.6) is 0 Å². The first kappa shape index (κ1) is 13.7. The van der Waals surface area contributed by atoms with Crippen LogP contribution in [0.2, 0.25) is 0 Å². The van der Waals surface area contributed by atoms with Crippen LogP contribution in [0.25, 0.3) is 0 Å². The smallest absolute Gasteiger partial charge is 0.0766 e. The second-order valence-electron chi connectivity index (χ2n) is 3.82. The number of rotatable bonds is 4. The maximum Gasteiger partial charge on any atom is 0.0766 e. The van der Waals surface area contributed by atoms with Crippen LogP contribution in [0.3, 0.4) is 0 Å². The standard InChI is InChI=1S/C10H17BrN4S2/c1-2-15-10(7(11)5-13-15)9(14-12)8-6-16-3-4-17-8/h5,8-9,14H,2-4,6,12H2,1H3. The summed E-state index contributed by atoms with van der Waals surface area (Å²) in [7, 11) is 0. The Kier molecular flexibility index (Phi) is 5.23. The molecule has 0 aromatic carbocycles. The third-order valence-corrected chi connectivity index (χ3v) is 6.30. The van der Waals surface area contributed by atoms with Crippen molar-refractivity contribution in [1.82, 2.24) is 15.2 Å². The molecule has 1 fully saturated rings. The maximum absolute atomic E-state index is 5.75. The quantitative estimate of drug-likeness (QED) is 0.650. The van der Waals surface area contributed by atoms with E-state index in [-0.39, 0.29) is 6.04 Å². The topological polar surface area (TPSA) is 55.9 Å². The van der Waals surface area contributed by atoms with Crippen molar-refractivity contribution in [1.29, 1.82) is 0 Å². The Labute approximate surface area is 119 Å². The molecule has 1 aliphatic rings. The molecular formula is C10H17BrN4S2. The lowest BCUT2D eigenvalue weighted by atomic mass is 10.1. The summed E-state index contributed by atoms with van der Waals surface area (Å²) in [6, 6.07) is 0.157. The zero-order chi connectivity index (χ0) is 12.3. The van der Waals surface area contributed by atoms with Crippen LogP contribution >= 0.6 is 39.5 Å². The van der Waals surface area contributed by atoms with Crippen molar-refractivity contribution >= 4 is 39.5 Å². The van der Waals surface area contributed by atoms with Gasteiger partial charge in [0.15, 0.2) is 0 Å². The van der Waals surface area contributed by atoms with Crippen LogP contribution < -0.4 is 11.3 Å². The summed E-state index contributed by atoms with van der Waals surface area (Å²) in [5, 5.41) is 4.87. The van der Waals surface area contributed by atoms with E-state index in [0.29, 0.717) is 5.25 Å². The van der Waals surface area contributed by atoms with Gasteiger partial charge < -0.3 is 0 Å². The first-order valence-electron chi connectivity index (χ1n) is 5.64. The van der Waals surface area contributed by atoms with Gasteiger partial charge in [-0.25, -0.2) is 0 Å². The average molecular weight is 337 g/mol. The van der Waals surface area contributed by atoms with Gasteiger partial charge in [-0.3, -0.25) is 16.0 Å². The summed E-state index contributed by atoms with van der Waals surface area (Å²) in [6.45, 7) is 2.96. The average Bonchev–Trinajstić information content (AvgIpc) is 2.74. The fourth-order valence-corrected chi connectivity index (χ4v) is 5.36. The molecule has 1 aromatic heterocycles. The van der Waals surface area contributed by atoms with Crippen LogP contribution in [0.15, 0.2) is 10.7 Å². The Morgan fingerprint density at radius 1 is 1.71 bits per heavy atom. The molecule has 4 nitrogen and oxygen atoms in total. The number of hydrogen-bond acceptors (Lipinski definition) is 5. The Hall–Kier alpha value is 0.310. The third kappa shape index (κ3) is 3.01. The molecule has 0 aliphatic carbocycles. The van der Waals surface area contributed by atoms with Crippen molar-refractivity contribution in [3.63, 3.8) is 0 Å². The Morgan fingerprint density at radius 2 is 2.53 bits per heavy atom. The van der Waals surface area contributed by atoms with E-state index in [1.165, 1.54) is 11.5 Å². The summed E-state index contributed by atoms with van der Waals surface area (Å²) in [5.41, 5.74) is 4.13. The van der Waals surface area contributed by atoms with Crippen molar-refractivity contribution in [3.05, 3.63) is 16.4 Å². The minimum atomic E-state index is 0.157. The van der Waals surface area contributed by atoms with Crippen LogP contribution in [0, 0.1) is 0 Å². The fraction of sp³-hybridized carbons (Fsp3) is 0.700. The molecule has 0 spiro atoms. The number of hydrogen-bond donors (Lipinski definition) is 2. The second-order valence-corrected chi connectivity index (χ2v) is 7.17. The molecule has 1 aliphatic heterocycles. The number of thioether (sulfide) groups is 2. The van der Waals surface area contributed by atoms with Gasteiger partial charge in [0.2, 0.25) is 0 Å². The molecule has 0 saturated carbocycles. The van der Waals surface area contributed by atoms with Gasteiger partial charge in [-0.05, 0) is 22.9 Å². The monoisotopic (exact) mass is 336 g/mol.